The Kier molecular flexibility index (Phi) is 4.88. The maximum absolute atomic E-state index is 12.4. The summed E-state index contributed by atoms with van der Waals surface area (Å²) in [6.07, 6.45) is 0.400. The largest absolute Gasteiger partial charge is 0.481 e. The van der Waals surface area contributed by atoms with Crippen molar-refractivity contribution in [2.24, 2.45) is 5.73 Å². The summed E-state index contributed by atoms with van der Waals surface area (Å²) in [6.45, 7) is 9.48. The van der Waals surface area contributed by atoms with Gasteiger partial charge in [0.05, 0.1) is 0 Å². The molecule has 1 aliphatic rings. The standard InChI is InChI=1S/C17H26N2O2/c1-11(2)14-6-5-12(3)16(9-14)21-13(4)17(20)19-8-7-15(18)10-19/h5-6,9,11,13,15H,7-8,10,18H2,1-4H3/t13?,15-/m1/s1. The van der Waals surface area contributed by atoms with Gasteiger partial charge in [-0.3, -0.25) is 4.79 Å². The van der Waals surface area contributed by atoms with Gasteiger partial charge in [-0.2, -0.15) is 0 Å². The zero-order valence-electron chi connectivity index (χ0n) is 13.4. The highest BCUT2D eigenvalue weighted by molar-refractivity contribution is 5.81. The van der Waals surface area contributed by atoms with E-state index >= 15 is 0 Å². The number of benzene rings is 1. The Labute approximate surface area is 127 Å². The molecule has 0 spiro atoms. The average Bonchev–Trinajstić information content (AvgIpc) is 2.86. The molecule has 21 heavy (non-hydrogen) atoms. The lowest BCUT2D eigenvalue weighted by molar-refractivity contribution is -0.136. The summed E-state index contributed by atoms with van der Waals surface area (Å²) in [6, 6.07) is 6.30. The second kappa shape index (κ2) is 6.48. The first-order valence-corrected chi connectivity index (χ1v) is 7.70. The number of amides is 1. The summed E-state index contributed by atoms with van der Waals surface area (Å²) in [4.78, 5) is 14.2. The predicted octanol–water partition coefficient (Wildman–Crippen LogP) is 2.45. The van der Waals surface area contributed by atoms with Gasteiger partial charge in [-0.05, 0) is 43.4 Å². The third-order valence-corrected chi connectivity index (χ3v) is 4.07. The Morgan fingerprint density at radius 3 is 2.67 bits per heavy atom. The van der Waals surface area contributed by atoms with Crippen LogP contribution < -0.4 is 10.5 Å². The van der Waals surface area contributed by atoms with Crippen molar-refractivity contribution in [3.63, 3.8) is 0 Å². The molecular weight excluding hydrogens is 264 g/mol. The Morgan fingerprint density at radius 2 is 2.10 bits per heavy atom. The molecule has 1 aliphatic heterocycles. The van der Waals surface area contributed by atoms with Gasteiger partial charge in [0, 0.05) is 19.1 Å². The van der Waals surface area contributed by atoms with E-state index in [-0.39, 0.29) is 11.9 Å². The van der Waals surface area contributed by atoms with Crippen LogP contribution in [0.2, 0.25) is 0 Å². The quantitative estimate of drug-likeness (QED) is 0.926. The third kappa shape index (κ3) is 3.76. The van der Waals surface area contributed by atoms with Crippen LogP contribution in [0, 0.1) is 6.92 Å². The lowest BCUT2D eigenvalue weighted by Crippen LogP contribution is -2.40. The Bertz CT molecular complexity index is 514. The third-order valence-electron chi connectivity index (χ3n) is 4.07. The maximum atomic E-state index is 12.4. The minimum atomic E-state index is -0.476. The monoisotopic (exact) mass is 290 g/mol. The van der Waals surface area contributed by atoms with Gasteiger partial charge in [0.1, 0.15) is 5.75 Å². The fraction of sp³-hybridized carbons (Fsp3) is 0.588. The molecule has 0 bridgehead atoms. The summed E-state index contributed by atoms with van der Waals surface area (Å²) < 4.78 is 5.91. The van der Waals surface area contributed by atoms with Crippen molar-refractivity contribution >= 4 is 5.91 Å². The van der Waals surface area contributed by atoms with Crippen LogP contribution in [-0.4, -0.2) is 36.0 Å². The fourth-order valence-corrected chi connectivity index (χ4v) is 2.59. The van der Waals surface area contributed by atoms with Gasteiger partial charge < -0.3 is 15.4 Å². The topological polar surface area (TPSA) is 55.6 Å². The van der Waals surface area contributed by atoms with Crippen molar-refractivity contribution in [1.29, 1.82) is 0 Å². The number of likely N-dealkylation sites (tertiary alicyclic amines) is 1. The molecule has 2 rings (SSSR count). The van der Waals surface area contributed by atoms with E-state index < -0.39 is 6.10 Å². The smallest absolute Gasteiger partial charge is 0.263 e. The van der Waals surface area contributed by atoms with Gasteiger partial charge in [0.2, 0.25) is 0 Å². The van der Waals surface area contributed by atoms with E-state index in [0.717, 1.165) is 24.3 Å². The SMILES string of the molecule is Cc1ccc(C(C)C)cc1OC(C)C(=O)N1CC[C@@H](N)C1. The van der Waals surface area contributed by atoms with Crippen molar-refractivity contribution in [2.75, 3.05) is 13.1 Å². The van der Waals surface area contributed by atoms with Crippen LogP contribution in [0.1, 0.15) is 44.2 Å². The predicted molar refractivity (Wildman–Crippen MR) is 84.5 cm³/mol. The number of aryl methyl sites for hydroxylation is 1. The summed E-state index contributed by atoms with van der Waals surface area (Å²) in [5, 5.41) is 0. The minimum absolute atomic E-state index is 0.0253. The van der Waals surface area contributed by atoms with Crippen molar-refractivity contribution in [3.8, 4) is 5.75 Å². The van der Waals surface area contributed by atoms with E-state index in [1.807, 2.05) is 26.0 Å². The highest BCUT2D eigenvalue weighted by Crippen LogP contribution is 2.25. The molecule has 0 saturated carbocycles. The van der Waals surface area contributed by atoms with Crippen LogP contribution in [0.25, 0.3) is 0 Å². The second-order valence-corrected chi connectivity index (χ2v) is 6.27. The van der Waals surface area contributed by atoms with Crippen LogP contribution in [0.15, 0.2) is 18.2 Å². The van der Waals surface area contributed by atoms with Crippen LogP contribution >= 0.6 is 0 Å². The van der Waals surface area contributed by atoms with E-state index in [0.29, 0.717) is 12.5 Å². The number of nitrogens with two attached hydrogens (primary N) is 1. The number of hydrogen-bond acceptors (Lipinski definition) is 3. The molecule has 4 heteroatoms. The van der Waals surface area contributed by atoms with Crippen LogP contribution in [-0.2, 0) is 4.79 Å². The first kappa shape index (κ1) is 15.8. The van der Waals surface area contributed by atoms with Crippen molar-refractivity contribution in [3.05, 3.63) is 29.3 Å². The molecule has 1 saturated heterocycles. The Hall–Kier alpha value is -1.55. The molecule has 1 aromatic carbocycles. The van der Waals surface area contributed by atoms with Gasteiger partial charge in [-0.15, -0.1) is 0 Å². The number of carbonyl (C=O) groups excluding carboxylic acids is 1. The maximum Gasteiger partial charge on any atom is 0.263 e. The number of hydrogen-bond donors (Lipinski definition) is 1. The molecule has 2 N–H and O–H groups in total. The van der Waals surface area contributed by atoms with E-state index in [2.05, 4.69) is 19.9 Å². The molecule has 0 radical (unpaired) electrons. The lowest BCUT2D eigenvalue weighted by atomic mass is 10.0. The number of nitrogens with zero attached hydrogens (tertiary/aromatic N) is 1. The zero-order chi connectivity index (χ0) is 15.6. The Morgan fingerprint density at radius 1 is 1.38 bits per heavy atom. The highest BCUT2D eigenvalue weighted by Gasteiger charge is 2.28. The second-order valence-electron chi connectivity index (χ2n) is 6.27. The summed E-state index contributed by atoms with van der Waals surface area (Å²) in [5.74, 6) is 1.26. The molecule has 1 unspecified atom stereocenters. The van der Waals surface area contributed by atoms with Gasteiger partial charge in [0.15, 0.2) is 6.10 Å². The van der Waals surface area contributed by atoms with Crippen molar-refractivity contribution < 1.29 is 9.53 Å². The highest BCUT2D eigenvalue weighted by atomic mass is 16.5. The molecule has 116 valence electrons. The van der Waals surface area contributed by atoms with Gasteiger partial charge in [0.25, 0.3) is 5.91 Å². The normalized spacial score (nSPS) is 19.9. The summed E-state index contributed by atoms with van der Waals surface area (Å²) in [5.41, 5.74) is 8.13. The average molecular weight is 290 g/mol. The lowest BCUT2D eigenvalue weighted by Gasteiger charge is -2.22. The molecule has 1 fully saturated rings. The van der Waals surface area contributed by atoms with E-state index in [4.69, 9.17) is 10.5 Å². The van der Waals surface area contributed by atoms with E-state index in [9.17, 15) is 4.79 Å². The summed E-state index contributed by atoms with van der Waals surface area (Å²) >= 11 is 0. The zero-order valence-corrected chi connectivity index (χ0v) is 13.4. The molecule has 2 atom stereocenters. The van der Waals surface area contributed by atoms with Crippen LogP contribution in [0.4, 0.5) is 0 Å². The van der Waals surface area contributed by atoms with Crippen LogP contribution in [0.3, 0.4) is 0 Å². The van der Waals surface area contributed by atoms with Crippen molar-refractivity contribution in [2.45, 2.75) is 52.2 Å². The molecule has 1 amide bonds. The molecule has 1 heterocycles. The first-order chi connectivity index (χ1) is 9.88. The number of ether oxygens (including phenoxy) is 1. The van der Waals surface area contributed by atoms with Gasteiger partial charge in [-0.25, -0.2) is 0 Å². The van der Waals surface area contributed by atoms with Gasteiger partial charge >= 0.3 is 0 Å². The molecular formula is C17H26N2O2. The number of carbonyl (C=O) groups is 1. The minimum Gasteiger partial charge on any atom is -0.481 e. The summed E-state index contributed by atoms with van der Waals surface area (Å²) in [7, 11) is 0. The van der Waals surface area contributed by atoms with Crippen LogP contribution in [0.5, 0.6) is 5.75 Å². The van der Waals surface area contributed by atoms with E-state index in [1.165, 1.54) is 5.56 Å². The fourth-order valence-electron chi connectivity index (χ4n) is 2.59. The van der Waals surface area contributed by atoms with Gasteiger partial charge in [-0.1, -0.05) is 26.0 Å². The molecule has 0 aromatic heterocycles. The molecule has 0 aliphatic carbocycles. The molecule has 4 nitrogen and oxygen atoms in total. The first-order valence-electron chi connectivity index (χ1n) is 7.70. The molecule has 1 aromatic rings. The van der Waals surface area contributed by atoms with E-state index in [1.54, 1.807) is 4.90 Å². The number of rotatable bonds is 4. The van der Waals surface area contributed by atoms with Crippen molar-refractivity contribution in [1.82, 2.24) is 4.90 Å². The Balaban J connectivity index is 2.06.